The third-order valence-corrected chi connectivity index (χ3v) is 15.6. The zero-order valence-electron chi connectivity index (χ0n) is 33.2. The molecule has 2 atom stereocenters. The van der Waals surface area contributed by atoms with E-state index in [0.29, 0.717) is 0 Å². The number of benzene rings is 6. The van der Waals surface area contributed by atoms with Crippen LogP contribution in [0.1, 0.15) is 37.8 Å². The quantitative estimate of drug-likeness (QED) is 0.147. The lowest BCUT2D eigenvalue weighted by Crippen LogP contribution is -2.68. The second-order valence-corrected chi connectivity index (χ2v) is 18.5. The number of hydrogen-bond donors (Lipinski definition) is 0. The van der Waals surface area contributed by atoms with Gasteiger partial charge in [0.1, 0.15) is 0 Å². The molecule has 4 heteroatoms. The van der Waals surface area contributed by atoms with Gasteiger partial charge in [0, 0.05) is 78.5 Å². The summed E-state index contributed by atoms with van der Waals surface area (Å²) in [6, 6.07) is 57.0. The molecular formula is C55H41N3S+2. The van der Waals surface area contributed by atoms with E-state index in [1.54, 1.807) is 0 Å². The Bertz CT molecular complexity index is 3590. The van der Waals surface area contributed by atoms with E-state index in [2.05, 4.69) is 191 Å². The average molecular weight is 776 g/mol. The molecule has 7 heterocycles. The average Bonchev–Trinajstić information content (AvgIpc) is 3.93. The summed E-state index contributed by atoms with van der Waals surface area (Å²) in [5.74, 6) is 0. The minimum absolute atomic E-state index is 0.257. The smallest absolute Gasteiger partial charge is 0.218 e. The van der Waals surface area contributed by atoms with E-state index >= 15 is 0 Å². The van der Waals surface area contributed by atoms with Crippen molar-refractivity contribution in [2.45, 2.75) is 44.1 Å². The number of nitrogens with zero attached hydrogens (tertiary/aromatic N) is 3. The summed E-state index contributed by atoms with van der Waals surface area (Å²) in [5, 5.41) is 8.05. The summed E-state index contributed by atoms with van der Waals surface area (Å²) in [6.07, 6.45) is 7.29. The van der Waals surface area contributed by atoms with Gasteiger partial charge in [-0.15, -0.1) is 11.3 Å². The van der Waals surface area contributed by atoms with Crippen LogP contribution in [0.2, 0.25) is 0 Å². The number of pyridine rings is 2. The van der Waals surface area contributed by atoms with Crippen LogP contribution in [0.5, 0.6) is 0 Å². The Labute approximate surface area is 346 Å². The summed E-state index contributed by atoms with van der Waals surface area (Å²) >= 11 is 1.92. The van der Waals surface area contributed by atoms with Crippen molar-refractivity contribution in [3.63, 3.8) is 0 Å². The number of rotatable bonds is 1. The number of fused-ring (bicyclic) bond motifs is 19. The van der Waals surface area contributed by atoms with Crippen molar-refractivity contribution in [2.75, 3.05) is 0 Å². The highest BCUT2D eigenvalue weighted by Gasteiger charge is 2.59. The molecule has 2 unspecified atom stereocenters. The zero-order chi connectivity index (χ0) is 39.2. The highest BCUT2D eigenvalue weighted by molar-refractivity contribution is 7.26. The van der Waals surface area contributed by atoms with Crippen LogP contribution in [0.4, 0.5) is 0 Å². The van der Waals surface area contributed by atoms with Crippen molar-refractivity contribution in [3.05, 3.63) is 182 Å². The van der Waals surface area contributed by atoms with Crippen LogP contribution in [-0.4, -0.2) is 4.40 Å². The fourth-order valence-corrected chi connectivity index (χ4v) is 12.6. The van der Waals surface area contributed by atoms with Gasteiger partial charge in [-0.2, -0.15) is 9.13 Å². The molecule has 280 valence electrons. The number of hydrogen-bond acceptors (Lipinski definition) is 1. The van der Waals surface area contributed by atoms with Gasteiger partial charge >= 0.3 is 0 Å². The van der Waals surface area contributed by atoms with E-state index in [9.17, 15) is 0 Å². The minimum atomic E-state index is -0.319. The Hall–Kier alpha value is -6.62. The van der Waals surface area contributed by atoms with Gasteiger partial charge in [-0.3, -0.25) is 0 Å². The van der Waals surface area contributed by atoms with Gasteiger partial charge in [0.05, 0.1) is 33.9 Å². The molecular weight excluding hydrogens is 735 g/mol. The van der Waals surface area contributed by atoms with Gasteiger partial charge in [0.25, 0.3) is 0 Å². The van der Waals surface area contributed by atoms with Crippen LogP contribution in [0.15, 0.2) is 171 Å². The zero-order valence-corrected chi connectivity index (χ0v) is 34.0. The maximum Gasteiger partial charge on any atom is 0.218 e. The lowest BCUT2D eigenvalue weighted by atomic mass is 9.59. The second kappa shape index (κ2) is 11.7. The summed E-state index contributed by atoms with van der Waals surface area (Å²) in [5.41, 5.74) is 14.8. The molecule has 0 N–H and O–H groups in total. The first kappa shape index (κ1) is 33.4. The first-order valence-corrected chi connectivity index (χ1v) is 21.7. The van der Waals surface area contributed by atoms with Gasteiger partial charge in [-0.05, 0) is 103 Å². The Morgan fingerprint density at radius 2 is 1.37 bits per heavy atom. The Balaban J connectivity index is 1.15. The van der Waals surface area contributed by atoms with E-state index < -0.39 is 0 Å². The summed E-state index contributed by atoms with van der Waals surface area (Å²) in [7, 11) is 0. The lowest BCUT2D eigenvalue weighted by Gasteiger charge is -2.47. The van der Waals surface area contributed by atoms with E-state index in [4.69, 9.17) is 6.58 Å². The van der Waals surface area contributed by atoms with Crippen LogP contribution >= 0.6 is 11.3 Å². The molecule has 3 nitrogen and oxygen atoms in total. The Morgan fingerprint density at radius 3 is 2.27 bits per heavy atom. The molecule has 6 aromatic carbocycles. The predicted octanol–water partition coefficient (Wildman–Crippen LogP) is 13.3. The molecule has 11 aromatic rings. The number of thiophene rings is 1. The lowest BCUT2D eigenvalue weighted by molar-refractivity contribution is -0.766. The van der Waals surface area contributed by atoms with E-state index in [-0.39, 0.29) is 11.0 Å². The monoisotopic (exact) mass is 775 g/mol. The minimum Gasteiger partial charge on any atom is -0.308 e. The normalized spacial score (nSPS) is 19.0. The molecule has 0 fully saturated rings. The topological polar surface area (TPSA) is 12.2 Å². The third-order valence-electron chi connectivity index (χ3n) is 14.5. The van der Waals surface area contributed by atoms with Crippen molar-refractivity contribution in [2.24, 2.45) is 0 Å². The van der Waals surface area contributed by atoms with Gasteiger partial charge in [-0.25, -0.2) is 0 Å². The Kier molecular flexibility index (Phi) is 6.64. The molecule has 0 bridgehead atoms. The maximum absolute atomic E-state index is 4.86. The maximum atomic E-state index is 4.86. The first-order chi connectivity index (χ1) is 28.9. The van der Waals surface area contributed by atoms with E-state index in [0.717, 1.165) is 25.0 Å². The van der Waals surface area contributed by atoms with Gasteiger partial charge in [-0.1, -0.05) is 72.8 Å². The fourth-order valence-electron chi connectivity index (χ4n) is 11.5. The molecule has 2 aliphatic heterocycles. The van der Waals surface area contributed by atoms with Crippen LogP contribution in [0.3, 0.4) is 0 Å². The SMILES string of the molecule is C=C1CC2(C)[n+]3ccccc3-c3cc4c5cc6sc7ccccc7c6c6c7cc(-c8ccccc8)ccc7n(c4cc3C2(C)CCc2ccccc2-c2cccc[n+]21)c56. The summed E-state index contributed by atoms with van der Waals surface area (Å²) < 4.78 is 10.2. The van der Waals surface area contributed by atoms with Crippen molar-refractivity contribution >= 4 is 75.3 Å². The fraction of sp³-hybridized carbons (Fsp3) is 0.127. The highest BCUT2D eigenvalue weighted by atomic mass is 32.1. The van der Waals surface area contributed by atoms with Gasteiger partial charge in [0.2, 0.25) is 11.4 Å². The molecule has 0 spiro atoms. The number of allylic oxidation sites excluding steroid dienone is 1. The van der Waals surface area contributed by atoms with Crippen LogP contribution in [-0.2, 0) is 17.4 Å². The highest BCUT2D eigenvalue weighted by Crippen LogP contribution is 2.55. The summed E-state index contributed by atoms with van der Waals surface area (Å²) in [6.45, 7) is 9.90. The van der Waals surface area contributed by atoms with Crippen molar-refractivity contribution in [3.8, 4) is 33.6 Å². The molecule has 0 amide bonds. The third kappa shape index (κ3) is 4.32. The predicted molar refractivity (Wildman–Crippen MR) is 246 cm³/mol. The van der Waals surface area contributed by atoms with E-state index in [1.807, 2.05) is 11.3 Å². The molecule has 2 aliphatic rings. The largest absolute Gasteiger partial charge is 0.308 e. The van der Waals surface area contributed by atoms with E-state index in [1.165, 1.54) is 103 Å². The molecule has 0 saturated carbocycles. The van der Waals surface area contributed by atoms with Crippen molar-refractivity contribution < 1.29 is 9.13 Å². The molecule has 59 heavy (non-hydrogen) atoms. The standard InChI is InChI=1S/C55H41N3S/c1-34-33-55(3)54(2,26-25-36-17-7-8-18-38(36)45-20-11-13-27-56(34)45)44-32-48-40(30-42(44)46-21-12-14-28-57(46)55)41-31-50-51(39-19-9-10-22-49(39)59-50)52-43-29-37(35-15-5-4-6-16-35)23-24-47(43)58(48)53(41)52/h4-24,27-32H,1,25-26,33H2,2-3H3/q+2. The Morgan fingerprint density at radius 1 is 0.593 bits per heavy atom. The second-order valence-electron chi connectivity index (χ2n) is 17.4. The number of aromatic nitrogens is 3. The molecule has 0 radical (unpaired) electrons. The van der Waals surface area contributed by atoms with Crippen molar-refractivity contribution in [1.29, 1.82) is 0 Å². The molecule has 5 aromatic heterocycles. The number of aryl methyl sites for hydroxylation is 1. The van der Waals surface area contributed by atoms with Crippen LogP contribution in [0.25, 0.3) is 97.6 Å². The van der Waals surface area contributed by atoms with Gasteiger partial charge < -0.3 is 4.40 Å². The van der Waals surface area contributed by atoms with Crippen molar-refractivity contribution in [1.82, 2.24) is 4.40 Å². The molecule has 0 saturated heterocycles. The summed E-state index contributed by atoms with van der Waals surface area (Å²) in [4.78, 5) is 0. The first-order valence-electron chi connectivity index (χ1n) is 20.9. The van der Waals surface area contributed by atoms with Crippen LogP contribution < -0.4 is 9.13 Å². The molecule has 0 aliphatic carbocycles. The van der Waals surface area contributed by atoms with Gasteiger partial charge in [0.15, 0.2) is 23.6 Å². The van der Waals surface area contributed by atoms with Crippen LogP contribution in [0, 0.1) is 0 Å². The molecule has 13 rings (SSSR count).